The molecule has 0 N–H and O–H groups in total. The number of hydrogen-bond donors (Lipinski definition) is 0. The summed E-state index contributed by atoms with van der Waals surface area (Å²) in [7, 11) is 0. The van der Waals surface area contributed by atoms with Crippen LogP contribution in [0.25, 0.3) is 0 Å². The second-order valence-corrected chi connectivity index (χ2v) is 9.64. The molecule has 0 aliphatic heterocycles. The maximum Gasteiger partial charge on any atom is 0.178 e. The van der Waals surface area contributed by atoms with Crippen molar-refractivity contribution in [2.45, 2.75) is 50.9 Å². The van der Waals surface area contributed by atoms with Crippen molar-refractivity contribution in [2.24, 2.45) is 17.3 Å². The van der Waals surface area contributed by atoms with Crippen molar-refractivity contribution in [3.05, 3.63) is 8.02 Å². The van der Waals surface area contributed by atoms with E-state index >= 15 is 0 Å². The van der Waals surface area contributed by atoms with Gasteiger partial charge in [0.1, 0.15) is 5.01 Å². The molecule has 1 heterocycles. The number of aromatic nitrogens is 2. The van der Waals surface area contributed by atoms with Crippen molar-refractivity contribution in [2.75, 3.05) is 0 Å². The molecule has 1 aromatic heterocycles. The molecule has 4 saturated carbocycles. The predicted molar refractivity (Wildman–Crippen MR) is 77.1 cm³/mol. The van der Waals surface area contributed by atoms with Gasteiger partial charge in [-0.3, -0.25) is 0 Å². The van der Waals surface area contributed by atoms with Gasteiger partial charge in [-0.2, -0.15) is 0 Å². The lowest BCUT2D eigenvalue weighted by Crippen LogP contribution is -2.52. The fourth-order valence-electron chi connectivity index (χ4n) is 5.39. The molecule has 5 rings (SSSR count). The molecule has 4 aliphatic rings. The van der Waals surface area contributed by atoms with Gasteiger partial charge in [0, 0.05) is 5.41 Å². The molecule has 0 spiro atoms. The van der Waals surface area contributed by atoms with Crippen LogP contribution in [0.4, 0.5) is 0 Å². The molecule has 1 aromatic rings. The minimum absolute atomic E-state index is 0.417. The highest BCUT2D eigenvalue weighted by atomic mass is 127. The Kier molecular flexibility index (Phi) is 2.25. The summed E-state index contributed by atoms with van der Waals surface area (Å²) >= 11 is 4.15. The van der Waals surface area contributed by atoms with Crippen LogP contribution in [0.5, 0.6) is 0 Å². The standard InChI is InChI=1S/C13H17IN2S/c1-12-3-8-2-9(4-12)6-13(5-8,7-12)10-15-16-11(14)17-10/h8-9H,2-7H2,1H3. The van der Waals surface area contributed by atoms with Gasteiger partial charge >= 0.3 is 0 Å². The zero-order valence-corrected chi connectivity index (χ0v) is 13.1. The van der Waals surface area contributed by atoms with Crippen LogP contribution in [-0.4, -0.2) is 10.2 Å². The number of halogens is 1. The second-order valence-electron chi connectivity index (χ2n) is 6.91. The summed E-state index contributed by atoms with van der Waals surface area (Å²) in [5.41, 5.74) is 1.03. The Bertz CT molecular complexity index is 456. The SMILES string of the molecule is CC12CC3CC(C1)CC(c1nnc(I)s1)(C3)C2. The maximum atomic E-state index is 4.50. The van der Waals surface area contributed by atoms with Crippen LogP contribution >= 0.6 is 33.9 Å². The Balaban J connectivity index is 1.79. The highest BCUT2D eigenvalue weighted by molar-refractivity contribution is 14.1. The number of hydrogen-bond acceptors (Lipinski definition) is 3. The van der Waals surface area contributed by atoms with E-state index in [0.717, 1.165) is 14.9 Å². The fraction of sp³-hybridized carbons (Fsp3) is 0.846. The van der Waals surface area contributed by atoms with Crippen molar-refractivity contribution >= 4 is 33.9 Å². The van der Waals surface area contributed by atoms with Gasteiger partial charge in [0.25, 0.3) is 0 Å². The van der Waals surface area contributed by atoms with Crippen LogP contribution in [0, 0.1) is 20.3 Å². The average molecular weight is 360 g/mol. The molecule has 4 aliphatic carbocycles. The van der Waals surface area contributed by atoms with Gasteiger partial charge in [-0.1, -0.05) is 18.3 Å². The summed E-state index contributed by atoms with van der Waals surface area (Å²) in [6, 6.07) is 0. The smallest absolute Gasteiger partial charge is 0.142 e. The van der Waals surface area contributed by atoms with Crippen LogP contribution in [-0.2, 0) is 5.41 Å². The van der Waals surface area contributed by atoms with Crippen LogP contribution in [0.15, 0.2) is 0 Å². The zero-order chi connectivity index (χ0) is 11.7. The van der Waals surface area contributed by atoms with Gasteiger partial charge in [-0.25, -0.2) is 0 Å². The van der Waals surface area contributed by atoms with E-state index in [1.54, 1.807) is 0 Å². The molecule has 2 nitrogen and oxygen atoms in total. The maximum absolute atomic E-state index is 4.50. The van der Waals surface area contributed by atoms with Gasteiger partial charge < -0.3 is 0 Å². The van der Waals surface area contributed by atoms with Gasteiger partial charge in [0.05, 0.1) is 0 Å². The Morgan fingerprint density at radius 3 is 2.41 bits per heavy atom. The lowest BCUT2D eigenvalue weighted by molar-refractivity contribution is -0.0618. The number of nitrogens with zero attached hydrogens (tertiary/aromatic N) is 2. The van der Waals surface area contributed by atoms with Crippen molar-refractivity contribution in [1.82, 2.24) is 10.2 Å². The molecule has 92 valence electrons. The molecule has 0 radical (unpaired) electrons. The van der Waals surface area contributed by atoms with Gasteiger partial charge in [-0.05, 0) is 78.4 Å². The molecule has 17 heavy (non-hydrogen) atoms. The largest absolute Gasteiger partial charge is 0.178 e. The molecule has 0 amide bonds. The van der Waals surface area contributed by atoms with Gasteiger partial charge in [0.15, 0.2) is 3.01 Å². The van der Waals surface area contributed by atoms with E-state index in [2.05, 4.69) is 39.7 Å². The van der Waals surface area contributed by atoms with E-state index in [0.29, 0.717) is 10.8 Å². The summed E-state index contributed by atoms with van der Waals surface area (Å²) in [5.74, 6) is 1.95. The molecular weight excluding hydrogens is 343 g/mol. The van der Waals surface area contributed by atoms with Crippen molar-refractivity contribution < 1.29 is 0 Å². The van der Waals surface area contributed by atoms with E-state index < -0.39 is 0 Å². The van der Waals surface area contributed by atoms with E-state index in [1.807, 2.05) is 11.3 Å². The molecule has 4 bridgehead atoms. The minimum atomic E-state index is 0.417. The van der Waals surface area contributed by atoms with Crippen LogP contribution in [0.1, 0.15) is 50.5 Å². The van der Waals surface area contributed by atoms with Gasteiger partial charge in [-0.15, -0.1) is 10.2 Å². The fourth-order valence-corrected chi connectivity index (χ4v) is 6.90. The quantitative estimate of drug-likeness (QED) is 0.708. The third-order valence-corrected chi connectivity index (χ3v) is 7.04. The Hall–Kier alpha value is 0.290. The first-order valence-corrected chi connectivity index (χ1v) is 8.46. The first-order chi connectivity index (χ1) is 8.07. The van der Waals surface area contributed by atoms with Crippen molar-refractivity contribution in [3.8, 4) is 0 Å². The van der Waals surface area contributed by atoms with Crippen LogP contribution in [0.2, 0.25) is 0 Å². The normalized spacial score (nSPS) is 47.6. The summed E-state index contributed by atoms with van der Waals surface area (Å²) in [6.45, 7) is 2.52. The van der Waals surface area contributed by atoms with E-state index in [1.165, 1.54) is 43.5 Å². The summed E-state index contributed by atoms with van der Waals surface area (Å²) in [5, 5.41) is 10.1. The third-order valence-electron chi connectivity index (χ3n) is 5.21. The van der Waals surface area contributed by atoms with E-state index in [4.69, 9.17) is 0 Å². The lowest BCUT2D eigenvalue weighted by Gasteiger charge is -2.60. The minimum Gasteiger partial charge on any atom is -0.142 e. The molecule has 0 saturated heterocycles. The number of rotatable bonds is 1. The van der Waals surface area contributed by atoms with E-state index in [-0.39, 0.29) is 0 Å². The summed E-state index contributed by atoms with van der Waals surface area (Å²) < 4.78 is 1.11. The lowest BCUT2D eigenvalue weighted by atomic mass is 9.45. The van der Waals surface area contributed by atoms with E-state index in [9.17, 15) is 0 Å². The zero-order valence-electron chi connectivity index (χ0n) is 10.1. The molecule has 0 aromatic carbocycles. The summed E-state index contributed by atoms with van der Waals surface area (Å²) in [4.78, 5) is 0. The highest BCUT2D eigenvalue weighted by Gasteiger charge is 2.57. The first kappa shape index (κ1) is 11.1. The second kappa shape index (κ2) is 3.44. The highest BCUT2D eigenvalue weighted by Crippen LogP contribution is 2.65. The Morgan fingerprint density at radius 2 is 1.88 bits per heavy atom. The van der Waals surface area contributed by atoms with Crippen molar-refractivity contribution in [1.29, 1.82) is 0 Å². The Labute approximate surface area is 120 Å². The predicted octanol–water partition coefficient (Wildman–Crippen LogP) is 4.00. The van der Waals surface area contributed by atoms with Crippen molar-refractivity contribution in [3.63, 3.8) is 0 Å². The molecule has 2 unspecified atom stereocenters. The topological polar surface area (TPSA) is 25.8 Å². The Morgan fingerprint density at radius 1 is 1.18 bits per heavy atom. The van der Waals surface area contributed by atoms with Crippen LogP contribution in [0.3, 0.4) is 0 Å². The molecule has 4 fully saturated rings. The molecular formula is C13H17IN2S. The first-order valence-electron chi connectivity index (χ1n) is 6.57. The summed E-state index contributed by atoms with van der Waals surface area (Å²) in [6.07, 6.45) is 8.60. The van der Waals surface area contributed by atoms with Gasteiger partial charge in [0.2, 0.25) is 0 Å². The monoisotopic (exact) mass is 360 g/mol. The third kappa shape index (κ3) is 1.62. The molecule has 4 heteroatoms. The average Bonchev–Trinajstić information content (AvgIpc) is 2.61. The molecule has 2 atom stereocenters. The van der Waals surface area contributed by atoms with Crippen LogP contribution < -0.4 is 0 Å².